The van der Waals surface area contributed by atoms with E-state index >= 15 is 0 Å². The SMILES string of the molecule is CC(C)[C@@H](CNC(=O)c1cn(Cc2ccccc2)nc1-c1ccccc1)N1CCOCC1. The topological polar surface area (TPSA) is 59.4 Å². The molecule has 1 aromatic heterocycles. The number of amides is 1. The van der Waals surface area contributed by atoms with E-state index < -0.39 is 0 Å². The molecule has 6 heteroatoms. The third-order valence-corrected chi connectivity index (χ3v) is 6.00. The number of ether oxygens (including phenoxy) is 1. The van der Waals surface area contributed by atoms with Gasteiger partial charge in [-0.3, -0.25) is 14.4 Å². The monoisotopic (exact) mass is 432 g/mol. The zero-order chi connectivity index (χ0) is 22.3. The van der Waals surface area contributed by atoms with Crippen molar-refractivity contribution in [2.45, 2.75) is 26.4 Å². The maximum absolute atomic E-state index is 13.3. The summed E-state index contributed by atoms with van der Waals surface area (Å²) in [7, 11) is 0. The van der Waals surface area contributed by atoms with Crippen molar-refractivity contribution in [2.24, 2.45) is 5.92 Å². The summed E-state index contributed by atoms with van der Waals surface area (Å²) in [5, 5.41) is 7.97. The van der Waals surface area contributed by atoms with Crippen LogP contribution in [-0.4, -0.2) is 59.5 Å². The molecular weight excluding hydrogens is 400 g/mol. The Hall–Kier alpha value is -2.96. The Labute approximate surface area is 190 Å². The predicted octanol–water partition coefficient (Wildman–Crippen LogP) is 3.69. The summed E-state index contributed by atoms with van der Waals surface area (Å²) in [5.74, 6) is 0.352. The number of carbonyl (C=O) groups excluding carboxylic acids is 1. The molecule has 1 aliphatic rings. The number of aromatic nitrogens is 2. The summed E-state index contributed by atoms with van der Waals surface area (Å²) in [5.41, 5.74) is 3.41. The molecule has 168 valence electrons. The van der Waals surface area contributed by atoms with Gasteiger partial charge in [0.2, 0.25) is 0 Å². The molecule has 3 aromatic rings. The summed E-state index contributed by atoms with van der Waals surface area (Å²) in [6.45, 7) is 8.96. The second-order valence-electron chi connectivity index (χ2n) is 8.61. The molecule has 0 radical (unpaired) electrons. The fraction of sp³-hybridized carbons (Fsp3) is 0.385. The number of nitrogens with one attached hydrogen (secondary N) is 1. The quantitative estimate of drug-likeness (QED) is 0.590. The van der Waals surface area contributed by atoms with Crippen LogP contribution < -0.4 is 5.32 Å². The number of morpholine rings is 1. The molecule has 0 unspecified atom stereocenters. The Morgan fingerprint density at radius 2 is 1.69 bits per heavy atom. The Morgan fingerprint density at radius 1 is 1.03 bits per heavy atom. The second-order valence-corrected chi connectivity index (χ2v) is 8.61. The van der Waals surface area contributed by atoms with Gasteiger partial charge in [-0.05, 0) is 11.5 Å². The fourth-order valence-corrected chi connectivity index (χ4v) is 4.24. The number of carbonyl (C=O) groups is 1. The van der Waals surface area contributed by atoms with Crippen LogP contribution in [-0.2, 0) is 11.3 Å². The highest BCUT2D eigenvalue weighted by atomic mass is 16.5. The van der Waals surface area contributed by atoms with Crippen molar-refractivity contribution in [1.29, 1.82) is 0 Å². The van der Waals surface area contributed by atoms with Gasteiger partial charge in [-0.1, -0.05) is 74.5 Å². The highest BCUT2D eigenvalue weighted by Crippen LogP contribution is 2.23. The number of benzene rings is 2. The molecule has 1 saturated heterocycles. The maximum Gasteiger partial charge on any atom is 0.255 e. The first kappa shape index (κ1) is 22.2. The molecule has 1 atom stereocenters. The van der Waals surface area contributed by atoms with Gasteiger partial charge < -0.3 is 10.1 Å². The van der Waals surface area contributed by atoms with Crippen LogP contribution in [0.5, 0.6) is 0 Å². The Kier molecular flexibility index (Phi) is 7.35. The van der Waals surface area contributed by atoms with Crippen LogP contribution in [0.2, 0.25) is 0 Å². The van der Waals surface area contributed by atoms with Crippen LogP contribution >= 0.6 is 0 Å². The first-order valence-corrected chi connectivity index (χ1v) is 11.4. The molecule has 0 bridgehead atoms. The van der Waals surface area contributed by atoms with Crippen LogP contribution in [0.1, 0.15) is 29.8 Å². The minimum atomic E-state index is -0.0814. The molecule has 1 amide bonds. The first-order valence-electron chi connectivity index (χ1n) is 11.4. The van der Waals surface area contributed by atoms with E-state index in [9.17, 15) is 4.79 Å². The molecule has 1 aliphatic heterocycles. The molecule has 0 aliphatic carbocycles. The number of rotatable bonds is 8. The third-order valence-electron chi connectivity index (χ3n) is 6.00. The van der Waals surface area contributed by atoms with E-state index in [2.05, 4.69) is 36.2 Å². The minimum absolute atomic E-state index is 0.0814. The van der Waals surface area contributed by atoms with Crippen molar-refractivity contribution in [1.82, 2.24) is 20.0 Å². The van der Waals surface area contributed by atoms with E-state index in [0.29, 0.717) is 30.3 Å². The number of nitrogens with zero attached hydrogens (tertiary/aromatic N) is 3. The molecule has 1 fully saturated rings. The van der Waals surface area contributed by atoms with E-state index in [-0.39, 0.29) is 11.9 Å². The van der Waals surface area contributed by atoms with Crippen molar-refractivity contribution in [3.8, 4) is 11.3 Å². The molecule has 2 heterocycles. The highest BCUT2D eigenvalue weighted by molar-refractivity contribution is 5.99. The van der Waals surface area contributed by atoms with Crippen LogP contribution in [0.15, 0.2) is 66.9 Å². The van der Waals surface area contributed by atoms with E-state index in [4.69, 9.17) is 9.84 Å². The molecular formula is C26H32N4O2. The summed E-state index contributed by atoms with van der Waals surface area (Å²) >= 11 is 0. The van der Waals surface area contributed by atoms with Gasteiger partial charge in [0.25, 0.3) is 5.91 Å². The van der Waals surface area contributed by atoms with Crippen LogP contribution in [0.4, 0.5) is 0 Å². The lowest BCUT2D eigenvalue weighted by Gasteiger charge is -2.36. The Balaban J connectivity index is 1.54. The molecule has 4 rings (SSSR count). The van der Waals surface area contributed by atoms with E-state index in [0.717, 1.165) is 37.4 Å². The van der Waals surface area contributed by atoms with Crippen molar-refractivity contribution >= 4 is 5.91 Å². The van der Waals surface area contributed by atoms with Gasteiger partial charge in [0.15, 0.2) is 0 Å². The average Bonchev–Trinajstić information content (AvgIpc) is 3.25. The van der Waals surface area contributed by atoms with Gasteiger partial charge in [0, 0.05) is 37.4 Å². The van der Waals surface area contributed by atoms with Crippen molar-refractivity contribution in [3.63, 3.8) is 0 Å². The second kappa shape index (κ2) is 10.6. The third kappa shape index (κ3) is 5.44. The largest absolute Gasteiger partial charge is 0.379 e. The lowest BCUT2D eigenvalue weighted by molar-refractivity contribution is 0.00673. The maximum atomic E-state index is 13.3. The smallest absolute Gasteiger partial charge is 0.255 e. The number of hydrogen-bond donors (Lipinski definition) is 1. The zero-order valence-corrected chi connectivity index (χ0v) is 18.9. The summed E-state index contributed by atoms with van der Waals surface area (Å²) in [6, 6.07) is 20.4. The fourth-order valence-electron chi connectivity index (χ4n) is 4.24. The Bertz CT molecular complexity index is 995. The first-order chi connectivity index (χ1) is 15.6. The van der Waals surface area contributed by atoms with Gasteiger partial charge in [-0.2, -0.15) is 5.10 Å². The molecule has 32 heavy (non-hydrogen) atoms. The van der Waals surface area contributed by atoms with Crippen LogP contribution in [0.25, 0.3) is 11.3 Å². The van der Waals surface area contributed by atoms with Crippen LogP contribution in [0, 0.1) is 5.92 Å². The van der Waals surface area contributed by atoms with Gasteiger partial charge in [0.1, 0.15) is 5.69 Å². The molecule has 0 spiro atoms. The van der Waals surface area contributed by atoms with Gasteiger partial charge in [-0.15, -0.1) is 0 Å². The van der Waals surface area contributed by atoms with E-state index in [1.807, 2.05) is 59.4 Å². The van der Waals surface area contributed by atoms with Crippen molar-refractivity contribution in [2.75, 3.05) is 32.8 Å². The number of hydrogen-bond acceptors (Lipinski definition) is 4. The van der Waals surface area contributed by atoms with Gasteiger partial charge >= 0.3 is 0 Å². The van der Waals surface area contributed by atoms with Gasteiger partial charge in [0.05, 0.1) is 25.3 Å². The standard InChI is InChI=1S/C26H32N4O2/c1-20(2)24(29-13-15-32-16-14-29)17-27-26(31)23-19-30(18-21-9-5-3-6-10-21)28-25(23)22-11-7-4-8-12-22/h3-12,19-20,24H,13-18H2,1-2H3,(H,27,31)/t24-/m1/s1. The molecule has 2 aromatic carbocycles. The van der Waals surface area contributed by atoms with Crippen molar-refractivity contribution < 1.29 is 9.53 Å². The molecule has 0 saturated carbocycles. The highest BCUT2D eigenvalue weighted by Gasteiger charge is 2.25. The Morgan fingerprint density at radius 3 is 2.34 bits per heavy atom. The lowest BCUT2D eigenvalue weighted by atomic mass is 10.0. The molecule has 6 nitrogen and oxygen atoms in total. The van der Waals surface area contributed by atoms with Gasteiger partial charge in [-0.25, -0.2) is 0 Å². The summed E-state index contributed by atoms with van der Waals surface area (Å²) in [6.07, 6.45) is 1.86. The normalized spacial score (nSPS) is 15.6. The predicted molar refractivity (Wildman–Crippen MR) is 127 cm³/mol. The van der Waals surface area contributed by atoms with Crippen LogP contribution in [0.3, 0.4) is 0 Å². The zero-order valence-electron chi connectivity index (χ0n) is 18.9. The van der Waals surface area contributed by atoms with E-state index in [1.54, 1.807) is 0 Å². The molecule has 1 N–H and O–H groups in total. The average molecular weight is 433 g/mol. The summed E-state index contributed by atoms with van der Waals surface area (Å²) in [4.78, 5) is 15.7. The minimum Gasteiger partial charge on any atom is -0.379 e. The summed E-state index contributed by atoms with van der Waals surface area (Å²) < 4.78 is 7.36. The van der Waals surface area contributed by atoms with E-state index in [1.165, 1.54) is 0 Å². The van der Waals surface area contributed by atoms with Crippen molar-refractivity contribution in [3.05, 3.63) is 78.0 Å². The lowest BCUT2D eigenvalue weighted by Crippen LogP contribution is -2.51.